The Morgan fingerprint density at radius 3 is 2.51 bits per heavy atom. The molecule has 2 heterocycles. The zero-order valence-corrected chi connectivity index (χ0v) is 20.8. The number of hydrogen-bond acceptors (Lipinski definition) is 7. The van der Waals surface area contributed by atoms with Crippen LogP contribution in [0.1, 0.15) is 48.0 Å². The van der Waals surface area contributed by atoms with Crippen LogP contribution in [0.25, 0.3) is 0 Å². The number of rotatable bonds is 9. The van der Waals surface area contributed by atoms with E-state index in [1.165, 1.54) is 30.9 Å². The fourth-order valence-corrected chi connectivity index (χ4v) is 4.40. The predicted molar refractivity (Wildman–Crippen MR) is 129 cm³/mol. The van der Waals surface area contributed by atoms with Gasteiger partial charge in [0.1, 0.15) is 11.5 Å². The summed E-state index contributed by atoms with van der Waals surface area (Å²) in [6.45, 7) is 1.48. The number of piperidine rings is 1. The van der Waals surface area contributed by atoms with Gasteiger partial charge in [-0.25, -0.2) is 9.59 Å². The lowest BCUT2D eigenvalue weighted by molar-refractivity contribution is -0.727. The molecule has 0 bridgehead atoms. The molecule has 0 saturated carbocycles. The van der Waals surface area contributed by atoms with Crippen molar-refractivity contribution in [2.24, 2.45) is 0 Å². The summed E-state index contributed by atoms with van der Waals surface area (Å²) in [7, 11) is 1.32. The van der Waals surface area contributed by atoms with E-state index in [2.05, 4.69) is 5.32 Å². The molecule has 4 atom stereocenters. The molecule has 0 spiro atoms. The van der Waals surface area contributed by atoms with Crippen LogP contribution in [0, 0.1) is 0 Å². The molecule has 0 unspecified atom stereocenters. The van der Waals surface area contributed by atoms with Crippen molar-refractivity contribution in [3.8, 4) is 0 Å². The Balaban J connectivity index is 1.71. The molecular formula is C26H32N3O8+. The molecule has 37 heavy (non-hydrogen) atoms. The van der Waals surface area contributed by atoms with Crippen molar-refractivity contribution in [1.82, 2.24) is 10.2 Å². The molecule has 0 aliphatic carbocycles. The number of ether oxygens (including phenoxy) is 2. The summed E-state index contributed by atoms with van der Waals surface area (Å²) in [5.41, 5.74) is 0.875. The molecule has 1 aliphatic heterocycles. The number of nitrogens with zero attached hydrogens (tertiary/aromatic N) is 2. The summed E-state index contributed by atoms with van der Waals surface area (Å²) in [4.78, 5) is 51.1. The zero-order valence-electron chi connectivity index (χ0n) is 20.8. The monoisotopic (exact) mass is 514 g/mol. The molecule has 1 fully saturated rings. The summed E-state index contributed by atoms with van der Waals surface area (Å²) in [6, 6.07) is 10.3. The first-order valence-corrected chi connectivity index (χ1v) is 12.0. The molecule has 0 radical (unpaired) electrons. The Hall–Kier alpha value is -3.99. The highest BCUT2D eigenvalue weighted by Gasteiger charge is 2.39. The number of carbonyl (C=O) groups is 4. The third kappa shape index (κ3) is 7.04. The number of amides is 2. The molecule has 3 N–H and O–H groups in total. The molecule has 3 rings (SSSR count). The molecular weight excluding hydrogens is 482 g/mol. The first-order valence-electron chi connectivity index (χ1n) is 12.0. The van der Waals surface area contributed by atoms with Crippen molar-refractivity contribution >= 4 is 23.9 Å². The van der Waals surface area contributed by atoms with E-state index in [9.17, 15) is 29.4 Å². The molecule has 198 valence electrons. The smallest absolute Gasteiger partial charge is 0.414 e. The van der Waals surface area contributed by atoms with Gasteiger partial charge in [0.15, 0.2) is 18.4 Å². The molecule has 11 heteroatoms. The lowest BCUT2D eigenvalue weighted by atomic mass is 9.85. The molecule has 2 amide bonds. The number of benzene rings is 1. The van der Waals surface area contributed by atoms with Gasteiger partial charge in [0.25, 0.3) is 12.6 Å². The van der Waals surface area contributed by atoms with E-state index in [0.717, 1.165) is 18.4 Å². The molecule has 1 saturated heterocycles. The Morgan fingerprint density at radius 1 is 1.14 bits per heavy atom. The van der Waals surface area contributed by atoms with E-state index in [1.54, 1.807) is 17.2 Å². The fourth-order valence-electron chi connectivity index (χ4n) is 4.40. The Morgan fingerprint density at radius 2 is 1.86 bits per heavy atom. The number of hydrogen-bond donors (Lipinski definition) is 3. The van der Waals surface area contributed by atoms with Crippen LogP contribution in [-0.4, -0.2) is 70.9 Å². The van der Waals surface area contributed by atoms with Crippen molar-refractivity contribution in [2.45, 2.75) is 57.0 Å². The number of carbonyl (C=O) groups excluding carboxylic acids is 3. The molecule has 1 aromatic heterocycles. The second-order valence-electron chi connectivity index (χ2n) is 8.84. The molecule has 1 aliphatic rings. The summed E-state index contributed by atoms with van der Waals surface area (Å²) in [5.74, 6) is -3.15. The van der Waals surface area contributed by atoms with Crippen molar-refractivity contribution in [1.29, 1.82) is 0 Å². The first-order chi connectivity index (χ1) is 17.7. The lowest BCUT2D eigenvalue weighted by Gasteiger charge is -2.38. The minimum atomic E-state index is -1.47. The van der Waals surface area contributed by atoms with Gasteiger partial charge in [-0.1, -0.05) is 30.3 Å². The number of esters is 1. The highest BCUT2D eigenvalue weighted by Crippen LogP contribution is 2.32. The number of carboxylic acids is 1. The van der Waals surface area contributed by atoms with Crippen LogP contribution in [0.2, 0.25) is 0 Å². The summed E-state index contributed by atoms with van der Waals surface area (Å²) < 4.78 is 12.0. The van der Waals surface area contributed by atoms with Gasteiger partial charge in [0.2, 0.25) is 0 Å². The van der Waals surface area contributed by atoms with Crippen molar-refractivity contribution in [2.75, 3.05) is 13.7 Å². The second-order valence-corrected chi connectivity index (χ2v) is 8.84. The molecule has 2 aromatic rings. The summed E-state index contributed by atoms with van der Waals surface area (Å²) in [6.07, 6.45) is 3.33. The number of aliphatic hydroxyl groups is 1. The van der Waals surface area contributed by atoms with Crippen molar-refractivity contribution in [3.05, 3.63) is 66.0 Å². The number of nitrogens with one attached hydrogen (secondary N) is 1. The topological polar surface area (TPSA) is 146 Å². The third-order valence-corrected chi connectivity index (χ3v) is 6.27. The quantitative estimate of drug-likeness (QED) is 0.337. The number of aliphatic hydroxyl groups excluding tert-OH is 1. The van der Waals surface area contributed by atoms with Crippen LogP contribution in [0.4, 0.5) is 4.79 Å². The number of aromatic nitrogens is 1. The predicted octanol–water partition coefficient (Wildman–Crippen LogP) is 1.44. The van der Waals surface area contributed by atoms with E-state index < -0.39 is 48.0 Å². The van der Waals surface area contributed by atoms with Gasteiger partial charge in [-0.05, 0) is 37.8 Å². The van der Waals surface area contributed by atoms with Crippen LogP contribution in [-0.2, 0) is 25.8 Å². The first kappa shape index (κ1) is 27.6. The van der Waals surface area contributed by atoms with Gasteiger partial charge in [0.05, 0.1) is 19.3 Å². The van der Waals surface area contributed by atoms with Gasteiger partial charge in [0, 0.05) is 12.6 Å². The Kier molecular flexibility index (Phi) is 9.56. The minimum absolute atomic E-state index is 0.121. The van der Waals surface area contributed by atoms with Crippen LogP contribution < -0.4 is 9.88 Å². The zero-order chi connectivity index (χ0) is 26.9. The van der Waals surface area contributed by atoms with Crippen molar-refractivity contribution < 1.29 is 43.4 Å². The fraction of sp³-hybridized carbons (Fsp3) is 0.423. The molecule has 1 aromatic carbocycles. The maximum atomic E-state index is 13.1. The van der Waals surface area contributed by atoms with Crippen LogP contribution in [0.3, 0.4) is 0 Å². The number of carboxylic acid groups (broad SMARTS) is 1. The maximum Gasteiger partial charge on any atom is 0.414 e. The average Bonchev–Trinajstić information content (AvgIpc) is 2.91. The highest BCUT2D eigenvalue weighted by molar-refractivity contribution is 5.96. The highest BCUT2D eigenvalue weighted by atomic mass is 16.6. The number of aliphatic carboxylic acids is 1. The van der Waals surface area contributed by atoms with Gasteiger partial charge in [-0.2, -0.15) is 4.57 Å². The minimum Gasteiger partial charge on any atom is -0.480 e. The van der Waals surface area contributed by atoms with Gasteiger partial charge < -0.3 is 29.9 Å². The summed E-state index contributed by atoms with van der Waals surface area (Å²) in [5, 5.41) is 21.0. The van der Waals surface area contributed by atoms with Crippen LogP contribution in [0.15, 0.2) is 54.9 Å². The van der Waals surface area contributed by atoms with Crippen LogP contribution >= 0.6 is 0 Å². The largest absolute Gasteiger partial charge is 0.480 e. The normalized spacial score (nSPS) is 17.7. The Labute approximate surface area is 214 Å². The van der Waals surface area contributed by atoms with Gasteiger partial charge in [-0.3, -0.25) is 9.59 Å². The SMILES string of the molecule is COC(=O)[C@H](c1ccccc1)[C@H]1CCCCN1C(=O)OC[n+]1cccc(C(=O)N[C@H](C(=O)O)[C@@H](C)O)c1. The second kappa shape index (κ2) is 12.8. The lowest BCUT2D eigenvalue weighted by Crippen LogP contribution is -2.50. The third-order valence-electron chi connectivity index (χ3n) is 6.27. The number of pyridine rings is 1. The Bertz CT molecular complexity index is 1110. The van der Waals surface area contributed by atoms with E-state index in [4.69, 9.17) is 9.47 Å². The van der Waals surface area contributed by atoms with E-state index in [0.29, 0.717) is 13.0 Å². The summed E-state index contributed by atoms with van der Waals surface area (Å²) >= 11 is 0. The van der Waals surface area contributed by atoms with Crippen LogP contribution in [0.5, 0.6) is 0 Å². The van der Waals surface area contributed by atoms with Crippen molar-refractivity contribution in [3.63, 3.8) is 0 Å². The average molecular weight is 515 g/mol. The van der Waals surface area contributed by atoms with Gasteiger partial charge >= 0.3 is 18.0 Å². The van der Waals surface area contributed by atoms with E-state index >= 15 is 0 Å². The van der Waals surface area contributed by atoms with E-state index in [-0.39, 0.29) is 12.3 Å². The molecule has 11 nitrogen and oxygen atoms in total. The maximum absolute atomic E-state index is 13.1. The standard InChI is InChI=1S/C26H31N3O8/c1-17(30)22(24(32)33)27-23(31)19-11-8-13-28(15-19)16-37-26(35)29-14-7-6-12-20(29)21(25(34)36-2)18-9-4-3-5-10-18/h3-5,8-11,13,15,17,20-22,30H,6-7,12,14,16H2,1-2H3,(H-,27,31,32,33)/p+1/t17-,20-,21-,22+/m1/s1. The number of likely N-dealkylation sites (tertiary alicyclic amines) is 1. The number of methoxy groups -OCH3 is 1. The van der Waals surface area contributed by atoms with Gasteiger partial charge in [-0.15, -0.1) is 0 Å². The van der Waals surface area contributed by atoms with E-state index in [1.807, 2.05) is 30.3 Å².